The van der Waals surface area contributed by atoms with Crippen molar-refractivity contribution in [3.05, 3.63) is 53.8 Å². The van der Waals surface area contributed by atoms with Crippen LogP contribution < -0.4 is 15.8 Å². The summed E-state index contributed by atoms with van der Waals surface area (Å²) in [5, 5.41) is 3.83. The van der Waals surface area contributed by atoms with E-state index >= 15 is 0 Å². The molecule has 3 N–H and O–H groups in total. The molecule has 7 heteroatoms. The van der Waals surface area contributed by atoms with E-state index < -0.39 is 0 Å². The lowest BCUT2D eigenvalue weighted by molar-refractivity contribution is 0.305. The molecule has 0 spiro atoms. The fourth-order valence-corrected chi connectivity index (χ4v) is 2.35. The number of aromatic nitrogens is 1. The highest BCUT2D eigenvalue weighted by atomic mass is 35.5. The van der Waals surface area contributed by atoms with Crippen LogP contribution in [-0.2, 0) is 0 Å². The van der Waals surface area contributed by atoms with Crippen molar-refractivity contribution in [1.29, 1.82) is 0 Å². The SMILES string of the molecule is NC=NC(=NCCCCCCOc1ccc(Cl)cc1)Nc1ccncc1. The molecule has 0 aliphatic heterocycles. The first kappa shape index (κ1) is 19.7. The molecule has 2 rings (SSSR count). The number of nitrogens with two attached hydrogens (primary N) is 1. The third-order valence-corrected chi connectivity index (χ3v) is 3.78. The van der Waals surface area contributed by atoms with E-state index in [1.54, 1.807) is 12.4 Å². The second-order valence-corrected chi connectivity index (χ2v) is 6.00. The molecular weight excluding hydrogens is 350 g/mol. The maximum absolute atomic E-state index is 5.84. The lowest BCUT2D eigenvalue weighted by atomic mass is 10.2. The number of unbranched alkanes of at least 4 members (excludes halogenated alkanes) is 3. The number of halogens is 1. The quantitative estimate of drug-likeness (QED) is 0.393. The smallest absolute Gasteiger partial charge is 0.223 e. The Morgan fingerprint density at radius 2 is 1.81 bits per heavy atom. The molecule has 0 amide bonds. The van der Waals surface area contributed by atoms with Gasteiger partial charge in [-0.25, -0.2) is 4.99 Å². The highest BCUT2D eigenvalue weighted by Crippen LogP contribution is 2.16. The number of nitrogens with zero attached hydrogens (tertiary/aromatic N) is 3. The fraction of sp³-hybridized carbons (Fsp3) is 0.316. The summed E-state index contributed by atoms with van der Waals surface area (Å²) >= 11 is 5.84. The van der Waals surface area contributed by atoms with Crippen molar-refractivity contribution in [1.82, 2.24) is 4.98 Å². The average Bonchev–Trinajstić information content (AvgIpc) is 2.66. The van der Waals surface area contributed by atoms with Crippen molar-refractivity contribution in [2.75, 3.05) is 18.5 Å². The van der Waals surface area contributed by atoms with Crippen LogP contribution in [0.3, 0.4) is 0 Å². The second-order valence-electron chi connectivity index (χ2n) is 5.56. The predicted octanol–water partition coefficient (Wildman–Crippen LogP) is 4.13. The summed E-state index contributed by atoms with van der Waals surface area (Å²) in [6.45, 7) is 1.40. The first-order chi connectivity index (χ1) is 12.8. The summed E-state index contributed by atoms with van der Waals surface area (Å²) in [5.41, 5.74) is 6.26. The van der Waals surface area contributed by atoms with E-state index in [4.69, 9.17) is 22.1 Å². The number of hydrogen-bond acceptors (Lipinski definition) is 3. The fourth-order valence-electron chi connectivity index (χ4n) is 2.22. The molecule has 0 saturated heterocycles. The van der Waals surface area contributed by atoms with Gasteiger partial charge in [0.05, 0.1) is 12.9 Å². The first-order valence-electron chi connectivity index (χ1n) is 8.62. The van der Waals surface area contributed by atoms with Crippen molar-refractivity contribution < 1.29 is 4.74 Å². The van der Waals surface area contributed by atoms with E-state index in [9.17, 15) is 0 Å². The monoisotopic (exact) mass is 373 g/mol. The lowest BCUT2D eigenvalue weighted by Gasteiger charge is -2.06. The molecule has 0 fully saturated rings. The largest absolute Gasteiger partial charge is 0.494 e. The predicted molar refractivity (Wildman–Crippen MR) is 108 cm³/mol. The van der Waals surface area contributed by atoms with Crippen molar-refractivity contribution >= 4 is 29.6 Å². The van der Waals surface area contributed by atoms with Crippen LogP contribution in [0.2, 0.25) is 5.02 Å². The zero-order valence-electron chi connectivity index (χ0n) is 14.6. The molecule has 1 aromatic heterocycles. The number of ether oxygens (including phenoxy) is 1. The van der Waals surface area contributed by atoms with Gasteiger partial charge in [-0.1, -0.05) is 18.0 Å². The highest BCUT2D eigenvalue weighted by molar-refractivity contribution is 6.30. The molecule has 26 heavy (non-hydrogen) atoms. The molecule has 0 radical (unpaired) electrons. The zero-order valence-corrected chi connectivity index (χ0v) is 15.4. The number of pyridine rings is 1. The molecule has 0 saturated carbocycles. The van der Waals surface area contributed by atoms with Crippen molar-refractivity contribution in [2.45, 2.75) is 25.7 Å². The van der Waals surface area contributed by atoms with E-state index in [2.05, 4.69) is 20.3 Å². The Hall–Kier alpha value is -2.60. The summed E-state index contributed by atoms with van der Waals surface area (Å²) in [4.78, 5) is 12.5. The molecule has 0 unspecified atom stereocenters. The topological polar surface area (TPSA) is 84.9 Å². The molecule has 1 aromatic carbocycles. The number of guanidine groups is 1. The molecule has 0 atom stereocenters. The molecule has 138 valence electrons. The van der Waals surface area contributed by atoms with E-state index in [-0.39, 0.29) is 0 Å². The van der Waals surface area contributed by atoms with Gasteiger partial charge in [0.1, 0.15) is 5.75 Å². The third kappa shape index (κ3) is 7.98. The molecule has 1 heterocycles. The minimum absolute atomic E-state index is 0.504. The summed E-state index contributed by atoms with van der Waals surface area (Å²) in [7, 11) is 0. The van der Waals surface area contributed by atoms with Gasteiger partial charge in [0.2, 0.25) is 5.96 Å². The summed E-state index contributed by atoms with van der Waals surface area (Å²) < 4.78 is 5.67. The van der Waals surface area contributed by atoms with E-state index in [0.29, 0.717) is 19.1 Å². The van der Waals surface area contributed by atoms with Gasteiger partial charge >= 0.3 is 0 Å². The lowest BCUT2D eigenvalue weighted by Crippen LogP contribution is -2.12. The number of anilines is 1. The first-order valence-corrected chi connectivity index (χ1v) is 9.00. The Bertz CT molecular complexity index is 689. The standard InChI is InChI=1S/C19H24ClN5O/c20-16-5-7-18(8-6-16)26-14-4-2-1-3-11-23-19(24-15-21)25-17-9-12-22-13-10-17/h5-10,12-13,15H,1-4,11,14H2,(H3,21,22,23,24,25). The second kappa shape index (κ2) is 11.9. The Balaban J connectivity index is 1.60. The Kier molecular flexibility index (Phi) is 9.00. The number of hydrogen-bond donors (Lipinski definition) is 2. The van der Waals surface area contributed by atoms with Gasteiger partial charge in [-0.2, -0.15) is 0 Å². The van der Waals surface area contributed by atoms with Gasteiger partial charge in [0.25, 0.3) is 0 Å². The van der Waals surface area contributed by atoms with E-state index in [1.807, 2.05) is 36.4 Å². The minimum atomic E-state index is 0.504. The number of nitrogens with one attached hydrogen (secondary N) is 1. The minimum Gasteiger partial charge on any atom is -0.494 e. The van der Waals surface area contributed by atoms with Gasteiger partial charge in [-0.15, -0.1) is 0 Å². The van der Waals surface area contributed by atoms with Crippen LogP contribution in [0.5, 0.6) is 5.75 Å². The summed E-state index contributed by atoms with van der Waals surface area (Å²) in [6, 6.07) is 11.1. The molecule has 0 bridgehead atoms. The van der Waals surface area contributed by atoms with E-state index in [1.165, 1.54) is 6.34 Å². The average molecular weight is 374 g/mol. The van der Waals surface area contributed by atoms with Crippen LogP contribution in [0.25, 0.3) is 0 Å². The Morgan fingerprint density at radius 3 is 2.54 bits per heavy atom. The Labute approximate surface area is 159 Å². The maximum atomic E-state index is 5.84. The molecule has 0 aliphatic carbocycles. The van der Waals surface area contributed by atoms with Crippen LogP contribution in [0, 0.1) is 0 Å². The van der Waals surface area contributed by atoms with Gasteiger partial charge in [-0.05, 0) is 55.7 Å². The van der Waals surface area contributed by atoms with Gasteiger partial charge in [0.15, 0.2) is 0 Å². The summed E-state index contributed by atoms with van der Waals surface area (Å²) in [6.07, 6.45) is 8.83. The van der Waals surface area contributed by atoms with Gasteiger partial charge in [0, 0.05) is 29.6 Å². The normalized spacial score (nSPS) is 11.7. The number of rotatable bonds is 9. The van der Waals surface area contributed by atoms with Crippen molar-refractivity contribution in [3.63, 3.8) is 0 Å². The van der Waals surface area contributed by atoms with Crippen molar-refractivity contribution in [2.24, 2.45) is 15.7 Å². The third-order valence-electron chi connectivity index (χ3n) is 3.53. The van der Waals surface area contributed by atoms with Crippen LogP contribution in [-0.4, -0.2) is 30.4 Å². The van der Waals surface area contributed by atoms with E-state index in [0.717, 1.165) is 42.1 Å². The molecule has 2 aromatic rings. The van der Waals surface area contributed by atoms with Crippen LogP contribution in [0.4, 0.5) is 5.69 Å². The van der Waals surface area contributed by atoms with Crippen molar-refractivity contribution in [3.8, 4) is 5.75 Å². The summed E-state index contributed by atoms with van der Waals surface area (Å²) in [5.74, 6) is 1.36. The number of benzene rings is 1. The Morgan fingerprint density at radius 1 is 1.08 bits per heavy atom. The molecular formula is C19H24ClN5O. The molecule has 0 aliphatic rings. The number of aliphatic imine (C=N–C) groups is 2. The highest BCUT2D eigenvalue weighted by Gasteiger charge is 1.98. The van der Waals surface area contributed by atoms with Gasteiger partial charge in [-0.3, -0.25) is 9.98 Å². The van der Waals surface area contributed by atoms with Gasteiger partial charge < -0.3 is 15.8 Å². The molecule has 6 nitrogen and oxygen atoms in total. The maximum Gasteiger partial charge on any atom is 0.223 e. The van der Waals surface area contributed by atoms with Crippen LogP contribution >= 0.6 is 11.6 Å². The van der Waals surface area contributed by atoms with Crippen LogP contribution in [0.1, 0.15) is 25.7 Å². The zero-order chi connectivity index (χ0) is 18.5. The van der Waals surface area contributed by atoms with Crippen LogP contribution in [0.15, 0.2) is 58.8 Å².